The smallest absolute Gasteiger partial charge is 0.265 e. The second-order valence-electron chi connectivity index (χ2n) is 5.85. The maximum absolute atomic E-state index is 12.8. The van der Waals surface area contributed by atoms with E-state index in [2.05, 4.69) is 49.8 Å². The molecule has 0 aliphatic rings. The first-order valence-electron chi connectivity index (χ1n) is 5.81. The van der Waals surface area contributed by atoms with Gasteiger partial charge in [0.25, 0.3) is 6.43 Å². The van der Waals surface area contributed by atoms with Gasteiger partial charge in [0, 0.05) is 10.0 Å². The molecule has 102 valence electrons. The fourth-order valence-corrected chi connectivity index (χ4v) is 2.64. The third-order valence-corrected chi connectivity index (χ3v) is 8.46. The van der Waals surface area contributed by atoms with Crippen molar-refractivity contribution in [3.63, 3.8) is 0 Å². The minimum Gasteiger partial charge on any atom is -0.543 e. The van der Waals surface area contributed by atoms with E-state index in [0.29, 0.717) is 10.2 Å². The van der Waals surface area contributed by atoms with Crippen LogP contribution in [0.5, 0.6) is 5.75 Å². The van der Waals surface area contributed by atoms with Gasteiger partial charge in [-0.25, -0.2) is 8.78 Å². The van der Waals surface area contributed by atoms with Crippen LogP contribution in [0.1, 0.15) is 32.8 Å². The Morgan fingerprint density at radius 3 is 2.22 bits per heavy atom. The molecule has 0 heterocycles. The van der Waals surface area contributed by atoms with Gasteiger partial charge >= 0.3 is 0 Å². The largest absolute Gasteiger partial charge is 0.543 e. The molecule has 0 radical (unpaired) electrons. The topological polar surface area (TPSA) is 9.23 Å². The van der Waals surface area contributed by atoms with Crippen LogP contribution in [0.4, 0.5) is 8.78 Å². The summed E-state index contributed by atoms with van der Waals surface area (Å²) in [6, 6.07) is 4.77. The molecule has 18 heavy (non-hydrogen) atoms. The van der Waals surface area contributed by atoms with E-state index in [0.717, 1.165) is 0 Å². The number of alkyl halides is 2. The quantitative estimate of drug-likeness (QED) is 0.636. The lowest BCUT2D eigenvalue weighted by atomic mass is 10.2. The first kappa shape index (κ1) is 15.6. The number of benzene rings is 1. The normalized spacial score (nSPS) is 12.9. The van der Waals surface area contributed by atoms with Gasteiger partial charge < -0.3 is 4.43 Å². The molecule has 1 rings (SSSR count). The number of hydrogen-bond acceptors (Lipinski definition) is 1. The van der Waals surface area contributed by atoms with Gasteiger partial charge in [-0.1, -0.05) is 36.7 Å². The fourth-order valence-electron chi connectivity index (χ4n) is 1.20. The molecule has 0 fully saturated rings. The fraction of sp³-hybridized carbons (Fsp3) is 0.538. The summed E-state index contributed by atoms with van der Waals surface area (Å²) in [4.78, 5) is 0. The first-order chi connectivity index (χ1) is 8.04. The molecule has 0 spiro atoms. The van der Waals surface area contributed by atoms with Crippen molar-refractivity contribution in [1.82, 2.24) is 0 Å². The highest BCUT2D eigenvalue weighted by Gasteiger charge is 2.39. The molecule has 0 bridgehead atoms. The van der Waals surface area contributed by atoms with E-state index >= 15 is 0 Å². The molecule has 0 amide bonds. The van der Waals surface area contributed by atoms with Crippen LogP contribution in [0, 0.1) is 0 Å². The molecular formula is C13H19BrF2OSi. The Labute approximate surface area is 117 Å². The lowest BCUT2D eigenvalue weighted by Crippen LogP contribution is -2.43. The van der Waals surface area contributed by atoms with Crippen molar-refractivity contribution in [2.45, 2.75) is 45.3 Å². The summed E-state index contributed by atoms with van der Waals surface area (Å²) in [5.41, 5.74) is -0.0220. The lowest BCUT2D eigenvalue weighted by molar-refractivity contribution is 0.150. The summed E-state index contributed by atoms with van der Waals surface area (Å²) in [6.07, 6.45) is -2.50. The van der Waals surface area contributed by atoms with Gasteiger partial charge in [-0.2, -0.15) is 0 Å². The van der Waals surface area contributed by atoms with Crippen LogP contribution in [0.2, 0.25) is 18.1 Å². The van der Waals surface area contributed by atoms with Crippen LogP contribution >= 0.6 is 15.9 Å². The first-order valence-corrected chi connectivity index (χ1v) is 9.51. The zero-order valence-electron chi connectivity index (χ0n) is 11.4. The van der Waals surface area contributed by atoms with E-state index in [9.17, 15) is 8.78 Å². The Balaban J connectivity index is 3.03. The zero-order valence-corrected chi connectivity index (χ0v) is 13.9. The molecule has 0 saturated heterocycles. The summed E-state index contributed by atoms with van der Waals surface area (Å²) in [5.74, 6) is 0.528. The van der Waals surface area contributed by atoms with E-state index in [1.54, 1.807) is 12.1 Å². The van der Waals surface area contributed by atoms with Crippen LogP contribution in [-0.2, 0) is 0 Å². The maximum Gasteiger partial charge on any atom is 0.265 e. The summed E-state index contributed by atoms with van der Waals surface area (Å²) in [6.45, 7) is 10.5. The molecule has 0 aromatic heterocycles. The van der Waals surface area contributed by atoms with Gasteiger partial charge in [-0.05, 0) is 36.3 Å². The zero-order chi connectivity index (χ0) is 14.1. The van der Waals surface area contributed by atoms with E-state index < -0.39 is 14.7 Å². The van der Waals surface area contributed by atoms with E-state index in [4.69, 9.17) is 4.43 Å². The van der Waals surface area contributed by atoms with Crippen LogP contribution in [0.15, 0.2) is 22.7 Å². The third kappa shape index (κ3) is 3.54. The molecule has 0 atom stereocenters. The van der Waals surface area contributed by atoms with Crippen molar-refractivity contribution < 1.29 is 13.2 Å². The Morgan fingerprint density at radius 2 is 1.78 bits per heavy atom. The Kier molecular flexibility index (Phi) is 4.59. The second kappa shape index (κ2) is 5.29. The minimum atomic E-state index is -2.50. The molecule has 1 aromatic carbocycles. The Bertz CT molecular complexity index is 427. The number of rotatable bonds is 3. The van der Waals surface area contributed by atoms with Gasteiger partial charge in [0.1, 0.15) is 5.75 Å². The molecule has 1 aromatic rings. The van der Waals surface area contributed by atoms with Crippen molar-refractivity contribution in [2.75, 3.05) is 0 Å². The molecule has 0 saturated carbocycles. The SMILES string of the molecule is CC(C)(C)[Si](C)(C)Oc1ccc(Br)c(C(F)F)c1. The van der Waals surface area contributed by atoms with E-state index in [1.807, 2.05) is 0 Å². The average molecular weight is 337 g/mol. The van der Waals surface area contributed by atoms with Gasteiger partial charge in [-0.3, -0.25) is 0 Å². The monoisotopic (exact) mass is 336 g/mol. The molecule has 0 aliphatic carbocycles. The highest BCUT2D eigenvalue weighted by molar-refractivity contribution is 9.10. The predicted octanol–water partition coefficient (Wildman–Crippen LogP) is 5.77. The predicted molar refractivity (Wildman–Crippen MR) is 76.9 cm³/mol. The van der Waals surface area contributed by atoms with Crippen molar-refractivity contribution in [2.24, 2.45) is 0 Å². The number of hydrogen-bond donors (Lipinski definition) is 0. The average Bonchev–Trinajstić information content (AvgIpc) is 2.18. The van der Waals surface area contributed by atoms with E-state index in [-0.39, 0.29) is 10.6 Å². The minimum absolute atomic E-state index is 0.0220. The Hall–Kier alpha value is -0.423. The second-order valence-corrected chi connectivity index (χ2v) is 11.4. The molecular weight excluding hydrogens is 318 g/mol. The maximum atomic E-state index is 12.8. The third-order valence-electron chi connectivity index (χ3n) is 3.38. The molecule has 1 nitrogen and oxygen atoms in total. The molecule has 0 aliphatic heterocycles. The molecule has 0 unspecified atom stereocenters. The highest BCUT2D eigenvalue weighted by atomic mass is 79.9. The summed E-state index contributed by atoms with van der Waals surface area (Å²) < 4.78 is 32.0. The van der Waals surface area contributed by atoms with Gasteiger partial charge in [0.15, 0.2) is 0 Å². The van der Waals surface area contributed by atoms with Crippen molar-refractivity contribution >= 4 is 24.2 Å². The summed E-state index contributed by atoms with van der Waals surface area (Å²) in [5, 5.41) is 0.0467. The van der Waals surface area contributed by atoms with Gasteiger partial charge in [0.2, 0.25) is 8.32 Å². The van der Waals surface area contributed by atoms with Gasteiger partial charge in [0.05, 0.1) is 0 Å². The van der Waals surface area contributed by atoms with Crippen molar-refractivity contribution in [1.29, 1.82) is 0 Å². The standard InChI is InChI=1S/C13H19BrF2OSi/c1-13(2,3)18(4,5)17-9-6-7-11(14)10(8-9)12(15)16/h6-8,12H,1-5H3. The van der Waals surface area contributed by atoms with Crippen LogP contribution in [-0.4, -0.2) is 8.32 Å². The summed E-state index contributed by atoms with van der Waals surface area (Å²) in [7, 11) is -1.98. The summed E-state index contributed by atoms with van der Waals surface area (Å²) >= 11 is 3.13. The van der Waals surface area contributed by atoms with Gasteiger partial charge in [-0.15, -0.1) is 0 Å². The van der Waals surface area contributed by atoms with E-state index in [1.165, 1.54) is 6.07 Å². The van der Waals surface area contributed by atoms with Crippen LogP contribution in [0.3, 0.4) is 0 Å². The molecule has 0 N–H and O–H groups in total. The lowest BCUT2D eigenvalue weighted by Gasteiger charge is -2.36. The van der Waals surface area contributed by atoms with Crippen molar-refractivity contribution in [3.8, 4) is 5.75 Å². The van der Waals surface area contributed by atoms with Crippen molar-refractivity contribution in [3.05, 3.63) is 28.2 Å². The highest BCUT2D eigenvalue weighted by Crippen LogP contribution is 2.38. The molecule has 5 heteroatoms. The Morgan fingerprint density at radius 1 is 1.22 bits per heavy atom. The van der Waals surface area contributed by atoms with Crippen LogP contribution in [0.25, 0.3) is 0 Å². The van der Waals surface area contributed by atoms with Crippen LogP contribution < -0.4 is 4.43 Å². The number of halogens is 3.